The summed E-state index contributed by atoms with van der Waals surface area (Å²) in [4.78, 5) is 6.14. The molecule has 0 radical (unpaired) electrons. The first-order chi connectivity index (χ1) is 10.3. The standard InChI is InChI=1S/C18H27N3/c1-3-11-21(12-15-7-6-10-19-15)13-17-14(2)20-18-9-5-4-8-16(17)18/h4-5,8-9,15,19-20H,3,6-7,10-13H2,1-2H3. The summed E-state index contributed by atoms with van der Waals surface area (Å²) >= 11 is 0. The van der Waals surface area contributed by atoms with Crippen molar-refractivity contribution < 1.29 is 0 Å². The zero-order valence-electron chi connectivity index (χ0n) is 13.3. The summed E-state index contributed by atoms with van der Waals surface area (Å²) in [6.45, 7) is 9.08. The number of nitrogens with one attached hydrogen (secondary N) is 2. The quantitative estimate of drug-likeness (QED) is 0.852. The fraction of sp³-hybridized carbons (Fsp3) is 0.556. The summed E-state index contributed by atoms with van der Waals surface area (Å²) in [6, 6.07) is 9.35. The van der Waals surface area contributed by atoms with Crippen molar-refractivity contribution in [3.05, 3.63) is 35.5 Å². The van der Waals surface area contributed by atoms with Gasteiger partial charge in [0.1, 0.15) is 0 Å². The van der Waals surface area contributed by atoms with Crippen LogP contribution in [0.2, 0.25) is 0 Å². The minimum atomic E-state index is 0.682. The van der Waals surface area contributed by atoms with Crippen molar-refractivity contribution in [2.24, 2.45) is 0 Å². The van der Waals surface area contributed by atoms with Gasteiger partial charge in [0, 0.05) is 35.7 Å². The number of hydrogen-bond donors (Lipinski definition) is 2. The molecule has 114 valence electrons. The predicted octanol–water partition coefficient (Wildman–Crippen LogP) is 3.44. The Morgan fingerprint density at radius 3 is 2.90 bits per heavy atom. The van der Waals surface area contributed by atoms with Crippen LogP contribution >= 0.6 is 0 Å². The first-order valence-electron chi connectivity index (χ1n) is 8.30. The van der Waals surface area contributed by atoms with Crippen LogP contribution in [0.1, 0.15) is 37.4 Å². The van der Waals surface area contributed by atoms with Gasteiger partial charge in [0.05, 0.1) is 0 Å². The number of aryl methyl sites for hydroxylation is 1. The highest BCUT2D eigenvalue weighted by Gasteiger charge is 2.19. The zero-order chi connectivity index (χ0) is 14.7. The smallest absolute Gasteiger partial charge is 0.0459 e. The van der Waals surface area contributed by atoms with Crippen molar-refractivity contribution in [1.82, 2.24) is 15.2 Å². The van der Waals surface area contributed by atoms with E-state index in [1.54, 1.807) is 0 Å². The second-order valence-electron chi connectivity index (χ2n) is 6.30. The van der Waals surface area contributed by atoms with Gasteiger partial charge in [0.25, 0.3) is 0 Å². The molecule has 21 heavy (non-hydrogen) atoms. The number of fused-ring (bicyclic) bond motifs is 1. The van der Waals surface area contributed by atoms with Crippen molar-refractivity contribution in [3.8, 4) is 0 Å². The Labute approximate surface area is 127 Å². The Balaban J connectivity index is 1.78. The minimum absolute atomic E-state index is 0.682. The molecule has 0 amide bonds. The van der Waals surface area contributed by atoms with Gasteiger partial charge in [-0.25, -0.2) is 0 Å². The van der Waals surface area contributed by atoms with Crippen molar-refractivity contribution in [1.29, 1.82) is 0 Å². The van der Waals surface area contributed by atoms with E-state index in [-0.39, 0.29) is 0 Å². The fourth-order valence-corrected chi connectivity index (χ4v) is 3.54. The molecule has 1 aliphatic heterocycles. The highest BCUT2D eigenvalue weighted by atomic mass is 15.2. The average Bonchev–Trinajstić information content (AvgIpc) is 3.08. The normalized spacial score (nSPS) is 18.9. The molecule has 1 fully saturated rings. The van der Waals surface area contributed by atoms with Crippen LogP contribution in [0.4, 0.5) is 0 Å². The molecular weight excluding hydrogens is 258 g/mol. The minimum Gasteiger partial charge on any atom is -0.358 e. The Morgan fingerprint density at radius 2 is 2.14 bits per heavy atom. The molecule has 0 bridgehead atoms. The molecule has 0 saturated carbocycles. The van der Waals surface area contributed by atoms with E-state index < -0.39 is 0 Å². The van der Waals surface area contributed by atoms with Gasteiger partial charge in [-0.1, -0.05) is 25.1 Å². The molecule has 1 atom stereocenters. The molecule has 3 rings (SSSR count). The van der Waals surface area contributed by atoms with Gasteiger partial charge in [-0.15, -0.1) is 0 Å². The lowest BCUT2D eigenvalue weighted by molar-refractivity contribution is 0.242. The Hall–Kier alpha value is -1.32. The maximum atomic E-state index is 3.63. The molecule has 2 aromatic rings. The molecule has 0 aliphatic carbocycles. The van der Waals surface area contributed by atoms with Gasteiger partial charge in [-0.2, -0.15) is 0 Å². The van der Waals surface area contributed by atoms with Crippen LogP contribution in [-0.2, 0) is 6.54 Å². The Bertz CT molecular complexity index is 581. The summed E-state index contributed by atoms with van der Waals surface area (Å²) in [6.07, 6.45) is 3.87. The largest absolute Gasteiger partial charge is 0.358 e. The van der Waals surface area contributed by atoms with Gasteiger partial charge in [0.15, 0.2) is 0 Å². The molecular formula is C18H27N3. The van der Waals surface area contributed by atoms with Gasteiger partial charge < -0.3 is 10.3 Å². The molecule has 3 nitrogen and oxygen atoms in total. The highest BCUT2D eigenvalue weighted by molar-refractivity contribution is 5.84. The summed E-state index contributed by atoms with van der Waals surface area (Å²) in [5, 5.41) is 5.01. The number of benzene rings is 1. The van der Waals surface area contributed by atoms with Crippen molar-refractivity contribution >= 4 is 10.9 Å². The Kier molecular flexibility index (Phi) is 4.61. The third-order valence-electron chi connectivity index (χ3n) is 4.59. The van der Waals surface area contributed by atoms with Gasteiger partial charge >= 0.3 is 0 Å². The van der Waals surface area contributed by atoms with E-state index in [9.17, 15) is 0 Å². The number of aromatic nitrogens is 1. The van der Waals surface area contributed by atoms with Crippen LogP contribution in [0.15, 0.2) is 24.3 Å². The maximum absolute atomic E-state index is 3.63. The predicted molar refractivity (Wildman–Crippen MR) is 89.6 cm³/mol. The SMILES string of the molecule is CCCN(Cc1c(C)[nH]c2ccccc12)CC1CCCN1. The summed E-state index contributed by atoms with van der Waals surface area (Å²) < 4.78 is 0. The van der Waals surface area contributed by atoms with Crippen molar-refractivity contribution in [3.63, 3.8) is 0 Å². The van der Waals surface area contributed by atoms with Crippen LogP contribution in [-0.4, -0.2) is 35.6 Å². The third kappa shape index (κ3) is 3.30. The van der Waals surface area contributed by atoms with Crippen molar-refractivity contribution in [2.45, 2.75) is 45.7 Å². The summed E-state index contributed by atoms with van der Waals surface area (Å²) in [5.41, 5.74) is 4.05. The lowest BCUT2D eigenvalue weighted by atomic mass is 10.1. The third-order valence-corrected chi connectivity index (χ3v) is 4.59. The summed E-state index contributed by atoms with van der Waals surface area (Å²) in [5.74, 6) is 0. The van der Waals surface area contributed by atoms with Gasteiger partial charge in [-0.05, 0) is 50.9 Å². The van der Waals surface area contributed by atoms with Crippen LogP contribution < -0.4 is 5.32 Å². The molecule has 1 aliphatic rings. The second-order valence-corrected chi connectivity index (χ2v) is 6.30. The first kappa shape index (κ1) is 14.6. The molecule has 2 N–H and O–H groups in total. The topological polar surface area (TPSA) is 31.1 Å². The second kappa shape index (κ2) is 6.63. The van der Waals surface area contributed by atoms with E-state index in [4.69, 9.17) is 0 Å². The van der Waals surface area contributed by atoms with Crippen LogP contribution in [0.25, 0.3) is 10.9 Å². The van der Waals surface area contributed by atoms with E-state index in [1.807, 2.05) is 0 Å². The molecule has 1 aromatic carbocycles. The number of para-hydroxylation sites is 1. The van der Waals surface area contributed by atoms with E-state index in [1.165, 1.54) is 61.1 Å². The van der Waals surface area contributed by atoms with E-state index in [0.717, 1.165) is 6.54 Å². The van der Waals surface area contributed by atoms with Crippen molar-refractivity contribution in [2.75, 3.05) is 19.6 Å². The molecule has 1 saturated heterocycles. The maximum Gasteiger partial charge on any atom is 0.0459 e. The zero-order valence-corrected chi connectivity index (χ0v) is 13.3. The number of H-pyrrole nitrogens is 1. The van der Waals surface area contributed by atoms with Crippen LogP contribution in [0.3, 0.4) is 0 Å². The number of aromatic amines is 1. The lowest BCUT2D eigenvalue weighted by Crippen LogP contribution is -2.37. The van der Waals surface area contributed by atoms with E-state index >= 15 is 0 Å². The van der Waals surface area contributed by atoms with Crippen LogP contribution in [0.5, 0.6) is 0 Å². The molecule has 0 spiro atoms. The first-order valence-corrected chi connectivity index (χ1v) is 8.30. The monoisotopic (exact) mass is 285 g/mol. The molecule has 2 heterocycles. The molecule has 3 heteroatoms. The van der Waals surface area contributed by atoms with Crippen LogP contribution in [0, 0.1) is 6.92 Å². The fourth-order valence-electron chi connectivity index (χ4n) is 3.54. The van der Waals surface area contributed by atoms with Gasteiger partial charge in [-0.3, -0.25) is 4.90 Å². The number of nitrogens with zero attached hydrogens (tertiary/aromatic N) is 1. The average molecular weight is 285 g/mol. The molecule has 1 unspecified atom stereocenters. The highest BCUT2D eigenvalue weighted by Crippen LogP contribution is 2.23. The molecule has 1 aromatic heterocycles. The number of hydrogen-bond acceptors (Lipinski definition) is 2. The van der Waals surface area contributed by atoms with Gasteiger partial charge in [0.2, 0.25) is 0 Å². The summed E-state index contributed by atoms with van der Waals surface area (Å²) in [7, 11) is 0. The lowest BCUT2D eigenvalue weighted by Gasteiger charge is -2.25. The van der Waals surface area contributed by atoms with E-state index in [0.29, 0.717) is 6.04 Å². The van der Waals surface area contributed by atoms with E-state index in [2.05, 4.69) is 53.3 Å². The Morgan fingerprint density at radius 1 is 1.29 bits per heavy atom. The number of rotatable bonds is 6.